The fourth-order valence-electron chi connectivity index (χ4n) is 2.01. The van der Waals surface area contributed by atoms with Crippen LogP contribution in [-0.4, -0.2) is 18.4 Å². The molecule has 1 aromatic rings. The van der Waals surface area contributed by atoms with E-state index in [1.54, 1.807) is 13.8 Å². The monoisotopic (exact) mass is 310 g/mol. The Morgan fingerprint density at radius 2 is 1.90 bits per heavy atom. The second-order valence-corrected chi connectivity index (χ2v) is 5.17. The normalized spacial score (nSPS) is 15.0. The Morgan fingerprint density at radius 1 is 1.30 bits per heavy atom. The number of ether oxygens (including phenoxy) is 1. The van der Waals surface area contributed by atoms with E-state index in [1.807, 2.05) is 0 Å². The van der Waals surface area contributed by atoms with Gasteiger partial charge in [0.1, 0.15) is 5.75 Å². The number of hydrogen-bond donors (Lipinski definition) is 1. The maximum Gasteiger partial charge on any atom is 0.421 e. The van der Waals surface area contributed by atoms with Crippen LogP contribution in [-0.2, 0) is 5.60 Å². The average Bonchev–Trinajstić information content (AvgIpc) is 2.37. The molecular formula is C14H18ClF3O2. The zero-order valence-electron chi connectivity index (χ0n) is 11.6. The van der Waals surface area contributed by atoms with Crippen molar-refractivity contribution in [3.63, 3.8) is 0 Å². The molecule has 6 heteroatoms. The summed E-state index contributed by atoms with van der Waals surface area (Å²) in [7, 11) is 1.27. The highest BCUT2D eigenvalue weighted by Gasteiger charge is 2.55. The fraction of sp³-hybridized carbons (Fsp3) is 0.571. The molecule has 1 rings (SSSR count). The third-order valence-corrected chi connectivity index (χ3v) is 3.69. The predicted molar refractivity (Wildman–Crippen MR) is 72.2 cm³/mol. The van der Waals surface area contributed by atoms with Gasteiger partial charge in [-0.25, -0.2) is 0 Å². The van der Waals surface area contributed by atoms with E-state index >= 15 is 0 Å². The van der Waals surface area contributed by atoms with Crippen molar-refractivity contribution in [1.82, 2.24) is 0 Å². The largest absolute Gasteiger partial charge is 0.496 e. The van der Waals surface area contributed by atoms with E-state index in [0.717, 1.165) is 6.07 Å². The average molecular weight is 311 g/mol. The summed E-state index contributed by atoms with van der Waals surface area (Å²) in [6, 6.07) is 2.54. The van der Waals surface area contributed by atoms with Crippen molar-refractivity contribution in [2.45, 2.75) is 44.9 Å². The van der Waals surface area contributed by atoms with E-state index in [4.69, 9.17) is 16.3 Å². The Hall–Kier alpha value is -0.940. The van der Waals surface area contributed by atoms with Crippen LogP contribution in [0.4, 0.5) is 13.2 Å². The molecule has 0 saturated heterocycles. The molecule has 0 bridgehead atoms. The van der Waals surface area contributed by atoms with Crippen molar-refractivity contribution >= 4 is 11.6 Å². The van der Waals surface area contributed by atoms with Crippen molar-refractivity contribution < 1.29 is 23.0 Å². The standard InChI is InChI=1S/C14H18ClF3O2/c1-4-5-6-13(19,14(16,17)18)10-8-11(15)9(2)7-12(10)20-3/h7-8,19H,4-6H2,1-3H3. The van der Waals surface area contributed by atoms with Gasteiger partial charge in [0.05, 0.1) is 7.11 Å². The molecule has 0 aromatic heterocycles. The van der Waals surface area contributed by atoms with E-state index in [2.05, 4.69) is 0 Å². The van der Waals surface area contributed by atoms with E-state index in [-0.39, 0.29) is 22.8 Å². The Bertz CT molecular complexity index is 474. The lowest BCUT2D eigenvalue weighted by atomic mass is 9.86. The number of halogens is 4. The van der Waals surface area contributed by atoms with Crippen LogP contribution in [0.3, 0.4) is 0 Å². The van der Waals surface area contributed by atoms with Crippen LogP contribution >= 0.6 is 11.6 Å². The molecule has 0 aliphatic carbocycles. The summed E-state index contributed by atoms with van der Waals surface area (Å²) in [4.78, 5) is 0. The van der Waals surface area contributed by atoms with Gasteiger partial charge in [-0.3, -0.25) is 0 Å². The van der Waals surface area contributed by atoms with Gasteiger partial charge in [0, 0.05) is 10.6 Å². The van der Waals surface area contributed by atoms with Gasteiger partial charge in [-0.1, -0.05) is 31.4 Å². The number of aryl methyl sites for hydroxylation is 1. The summed E-state index contributed by atoms with van der Waals surface area (Å²) in [5, 5.41) is 10.4. The molecule has 114 valence electrons. The van der Waals surface area contributed by atoms with Crippen molar-refractivity contribution in [3.05, 3.63) is 28.3 Å². The zero-order valence-corrected chi connectivity index (χ0v) is 12.4. The lowest BCUT2D eigenvalue weighted by Gasteiger charge is -2.32. The zero-order chi connectivity index (χ0) is 15.6. The molecule has 2 nitrogen and oxygen atoms in total. The topological polar surface area (TPSA) is 29.5 Å². The molecule has 1 atom stereocenters. The molecule has 0 aliphatic heterocycles. The first-order valence-electron chi connectivity index (χ1n) is 6.31. The molecule has 0 aliphatic rings. The number of benzene rings is 1. The quantitative estimate of drug-likeness (QED) is 0.861. The third-order valence-electron chi connectivity index (χ3n) is 3.29. The summed E-state index contributed by atoms with van der Waals surface area (Å²) in [5.41, 5.74) is -2.70. The van der Waals surface area contributed by atoms with Crippen molar-refractivity contribution in [1.29, 1.82) is 0 Å². The van der Waals surface area contributed by atoms with Gasteiger partial charge in [-0.05, 0) is 31.0 Å². The minimum atomic E-state index is -4.80. The third kappa shape index (κ3) is 3.20. The first kappa shape index (κ1) is 17.1. The van der Waals surface area contributed by atoms with Crippen LogP contribution in [0, 0.1) is 6.92 Å². The smallest absolute Gasteiger partial charge is 0.421 e. The molecular weight excluding hydrogens is 293 g/mol. The molecule has 20 heavy (non-hydrogen) atoms. The molecule has 0 heterocycles. The Balaban J connectivity index is 3.44. The van der Waals surface area contributed by atoms with Crippen molar-refractivity contribution in [2.75, 3.05) is 7.11 Å². The van der Waals surface area contributed by atoms with Crippen LogP contribution < -0.4 is 4.74 Å². The number of aliphatic hydroxyl groups is 1. The van der Waals surface area contributed by atoms with Gasteiger partial charge in [0.25, 0.3) is 0 Å². The fourth-order valence-corrected chi connectivity index (χ4v) is 2.17. The van der Waals surface area contributed by atoms with Crippen molar-refractivity contribution in [3.8, 4) is 5.75 Å². The lowest BCUT2D eigenvalue weighted by Crippen LogP contribution is -2.42. The summed E-state index contributed by atoms with van der Waals surface area (Å²) >= 11 is 5.90. The molecule has 1 aromatic carbocycles. The number of alkyl halides is 3. The van der Waals surface area contributed by atoms with Crippen molar-refractivity contribution in [2.24, 2.45) is 0 Å². The number of hydrogen-bond acceptors (Lipinski definition) is 2. The number of rotatable bonds is 5. The summed E-state index contributed by atoms with van der Waals surface area (Å²) in [6.07, 6.45) is -4.44. The highest BCUT2D eigenvalue weighted by molar-refractivity contribution is 6.31. The van der Waals surface area contributed by atoms with Gasteiger partial charge in [0.15, 0.2) is 5.60 Å². The maximum atomic E-state index is 13.3. The predicted octanol–water partition coefficient (Wildman–Crippen LogP) is 4.60. The first-order valence-corrected chi connectivity index (χ1v) is 6.69. The minimum absolute atomic E-state index is 0.0113. The molecule has 0 radical (unpaired) electrons. The first-order chi connectivity index (χ1) is 9.17. The highest BCUT2D eigenvalue weighted by atomic mass is 35.5. The Kier molecular flexibility index (Phi) is 5.33. The van der Waals surface area contributed by atoms with Gasteiger partial charge < -0.3 is 9.84 Å². The number of methoxy groups -OCH3 is 1. The van der Waals surface area contributed by atoms with Crippen LogP contribution in [0.25, 0.3) is 0 Å². The van der Waals surface area contributed by atoms with Gasteiger partial charge in [-0.15, -0.1) is 0 Å². The minimum Gasteiger partial charge on any atom is -0.496 e. The van der Waals surface area contributed by atoms with Crippen LogP contribution in [0.1, 0.15) is 37.3 Å². The lowest BCUT2D eigenvalue weighted by molar-refractivity contribution is -0.270. The summed E-state index contributed by atoms with van der Waals surface area (Å²) in [6.45, 7) is 3.42. The van der Waals surface area contributed by atoms with Gasteiger partial charge in [0.2, 0.25) is 0 Å². The molecule has 0 fully saturated rings. The molecule has 1 N–H and O–H groups in total. The summed E-state index contributed by atoms with van der Waals surface area (Å²) < 4.78 is 44.9. The maximum absolute atomic E-state index is 13.3. The molecule has 0 saturated carbocycles. The van der Waals surface area contributed by atoms with E-state index in [9.17, 15) is 18.3 Å². The second kappa shape index (κ2) is 6.22. The molecule has 0 amide bonds. The van der Waals surface area contributed by atoms with E-state index in [0.29, 0.717) is 12.0 Å². The number of unbranched alkanes of at least 4 members (excludes halogenated alkanes) is 1. The molecule has 1 unspecified atom stereocenters. The molecule has 0 spiro atoms. The van der Waals surface area contributed by atoms with Crippen LogP contribution in [0.15, 0.2) is 12.1 Å². The second-order valence-electron chi connectivity index (χ2n) is 4.76. The van der Waals surface area contributed by atoms with E-state index in [1.165, 1.54) is 13.2 Å². The van der Waals surface area contributed by atoms with Gasteiger partial charge in [-0.2, -0.15) is 13.2 Å². The van der Waals surface area contributed by atoms with E-state index < -0.39 is 18.2 Å². The Morgan fingerprint density at radius 3 is 2.35 bits per heavy atom. The van der Waals surface area contributed by atoms with Gasteiger partial charge >= 0.3 is 6.18 Å². The SMILES string of the molecule is CCCCC(O)(c1cc(Cl)c(C)cc1OC)C(F)(F)F. The Labute approximate surface area is 121 Å². The van der Waals surface area contributed by atoms with Crippen LogP contribution in [0.2, 0.25) is 5.02 Å². The highest BCUT2D eigenvalue weighted by Crippen LogP contribution is 2.47. The van der Waals surface area contributed by atoms with Crippen LogP contribution in [0.5, 0.6) is 5.75 Å². The summed E-state index contributed by atoms with van der Waals surface area (Å²) in [5.74, 6) is -0.0113.